The van der Waals surface area contributed by atoms with Gasteiger partial charge in [-0.15, -0.1) is 0 Å². The number of amides is 1. The highest BCUT2D eigenvalue weighted by molar-refractivity contribution is 7.91. The lowest BCUT2D eigenvalue weighted by atomic mass is 10.3. The van der Waals surface area contributed by atoms with Crippen LogP contribution in [-0.2, 0) is 14.6 Å². The van der Waals surface area contributed by atoms with Gasteiger partial charge in [0.25, 0.3) is 0 Å². The van der Waals surface area contributed by atoms with Gasteiger partial charge in [-0.1, -0.05) is 13.8 Å². The molecule has 0 aliphatic heterocycles. The lowest BCUT2D eigenvalue weighted by Gasteiger charge is -2.05. The van der Waals surface area contributed by atoms with Gasteiger partial charge < -0.3 is 5.32 Å². The van der Waals surface area contributed by atoms with Gasteiger partial charge in [-0.05, 0) is 30.7 Å². The van der Waals surface area contributed by atoms with Gasteiger partial charge in [0.05, 0.1) is 10.6 Å². The highest BCUT2D eigenvalue weighted by Gasteiger charge is 2.10. The van der Waals surface area contributed by atoms with Gasteiger partial charge in [0.2, 0.25) is 5.91 Å². The van der Waals surface area contributed by atoms with Gasteiger partial charge in [-0.2, -0.15) is 0 Å². The van der Waals surface area contributed by atoms with Crippen LogP contribution in [0.5, 0.6) is 0 Å². The van der Waals surface area contributed by atoms with Crippen LogP contribution in [-0.4, -0.2) is 20.1 Å². The Morgan fingerprint density at radius 3 is 2.24 bits per heavy atom. The summed E-state index contributed by atoms with van der Waals surface area (Å²) in [6, 6.07) is 6.24. The summed E-state index contributed by atoms with van der Waals surface area (Å²) in [6.07, 6.45) is 1.25. The van der Waals surface area contributed by atoms with Crippen molar-refractivity contribution in [2.45, 2.75) is 31.6 Å². The summed E-state index contributed by atoms with van der Waals surface area (Å²) in [5, 5.41) is 2.71. The molecule has 1 amide bonds. The largest absolute Gasteiger partial charge is 0.326 e. The zero-order valence-corrected chi connectivity index (χ0v) is 10.9. The monoisotopic (exact) mass is 255 g/mol. The number of carbonyl (C=O) groups excluding carboxylic acids is 1. The first-order valence-electron chi connectivity index (χ1n) is 5.62. The van der Waals surface area contributed by atoms with E-state index in [2.05, 4.69) is 5.32 Å². The summed E-state index contributed by atoms with van der Waals surface area (Å²) < 4.78 is 23.1. The minimum absolute atomic E-state index is 0.0569. The Labute approximate surface area is 102 Å². The Balaban J connectivity index is 2.79. The van der Waals surface area contributed by atoms with Crippen LogP contribution in [0.1, 0.15) is 26.7 Å². The summed E-state index contributed by atoms with van der Waals surface area (Å²) in [4.78, 5) is 11.6. The maximum atomic E-state index is 11.5. The predicted octanol–water partition coefficient (Wildman–Crippen LogP) is 2.22. The normalized spacial score (nSPS) is 11.2. The molecule has 0 spiro atoms. The molecule has 0 aliphatic rings. The first kappa shape index (κ1) is 13.7. The molecule has 94 valence electrons. The summed E-state index contributed by atoms with van der Waals surface area (Å²) in [6.45, 7) is 3.53. The zero-order valence-electron chi connectivity index (χ0n) is 10.1. The standard InChI is InChI=1S/C12H17NO3S/c1-3-5-12(14)13-10-6-8-11(9-7-10)17(15,16)4-2/h6-9H,3-5H2,1-2H3,(H,13,14). The number of anilines is 1. The summed E-state index contributed by atoms with van der Waals surface area (Å²) in [7, 11) is -3.17. The minimum atomic E-state index is -3.17. The van der Waals surface area contributed by atoms with Crippen molar-refractivity contribution < 1.29 is 13.2 Å². The van der Waals surface area contributed by atoms with Gasteiger partial charge in [0.1, 0.15) is 0 Å². The van der Waals surface area contributed by atoms with Crippen molar-refractivity contribution in [3.63, 3.8) is 0 Å². The second kappa shape index (κ2) is 5.82. The van der Waals surface area contributed by atoms with Crippen molar-refractivity contribution >= 4 is 21.4 Å². The molecular formula is C12H17NO3S. The fourth-order valence-electron chi connectivity index (χ4n) is 1.36. The second-order valence-corrected chi connectivity index (χ2v) is 6.00. The molecule has 17 heavy (non-hydrogen) atoms. The van der Waals surface area contributed by atoms with E-state index in [4.69, 9.17) is 0 Å². The Kier molecular flexibility index (Phi) is 4.69. The number of benzene rings is 1. The Hall–Kier alpha value is -1.36. The molecule has 1 rings (SSSR count). The number of carbonyl (C=O) groups is 1. The van der Waals surface area contributed by atoms with E-state index in [0.717, 1.165) is 6.42 Å². The maximum absolute atomic E-state index is 11.5. The van der Waals surface area contributed by atoms with Crippen molar-refractivity contribution in [1.29, 1.82) is 0 Å². The van der Waals surface area contributed by atoms with Gasteiger partial charge in [-0.3, -0.25) is 4.79 Å². The Morgan fingerprint density at radius 2 is 1.76 bits per heavy atom. The van der Waals surface area contributed by atoms with E-state index in [1.165, 1.54) is 12.1 Å². The van der Waals surface area contributed by atoms with Crippen LogP contribution >= 0.6 is 0 Å². The third-order valence-corrected chi connectivity index (χ3v) is 4.10. The van der Waals surface area contributed by atoms with Gasteiger partial charge in [0, 0.05) is 12.1 Å². The van der Waals surface area contributed by atoms with E-state index in [-0.39, 0.29) is 16.6 Å². The molecule has 5 heteroatoms. The minimum Gasteiger partial charge on any atom is -0.326 e. The lowest BCUT2D eigenvalue weighted by Crippen LogP contribution is -2.10. The van der Waals surface area contributed by atoms with Crippen molar-refractivity contribution in [2.75, 3.05) is 11.1 Å². The molecule has 0 saturated heterocycles. The fourth-order valence-corrected chi connectivity index (χ4v) is 2.25. The van der Waals surface area contributed by atoms with E-state index in [1.807, 2.05) is 6.92 Å². The van der Waals surface area contributed by atoms with Crippen LogP contribution < -0.4 is 5.32 Å². The van der Waals surface area contributed by atoms with E-state index in [1.54, 1.807) is 19.1 Å². The Bertz CT molecular complexity index is 477. The van der Waals surface area contributed by atoms with E-state index >= 15 is 0 Å². The van der Waals surface area contributed by atoms with Crippen LogP contribution in [0, 0.1) is 0 Å². The SMILES string of the molecule is CCCC(=O)Nc1ccc(S(=O)(=O)CC)cc1. The third-order valence-electron chi connectivity index (χ3n) is 2.35. The van der Waals surface area contributed by atoms with E-state index < -0.39 is 9.84 Å². The van der Waals surface area contributed by atoms with Crippen LogP contribution in [0.15, 0.2) is 29.2 Å². The molecule has 0 aromatic heterocycles. The average Bonchev–Trinajstić information content (AvgIpc) is 2.30. The third kappa shape index (κ3) is 3.85. The molecule has 0 aliphatic carbocycles. The van der Waals surface area contributed by atoms with Crippen LogP contribution in [0.3, 0.4) is 0 Å². The number of hydrogen-bond acceptors (Lipinski definition) is 3. The lowest BCUT2D eigenvalue weighted by molar-refractivity contribution is -0.116. The molecule has 0 unspecified atom stereocenters. The summed E-state index contributed by atoms with van der Waals surface area (Å²) in [5.74, 6) is 0.0211. The van der Waals surface area contributed by atoms with Crippen LogP contribution in [0.2, 0.25) is 0 Å². The average molecular weight is 255 g/mol. The predicted molar refractivity (Wildman–Crippen MR) is 67.7 cm³/mol. The molecule has 1 aromatic carbocycles. The summed E-state index contributed by atoms with van der Waals surface area (Å²) in [5.41, 5.74) is 0.624. The molecule has 1 aromatic rings. The number of sulfone groups is 1. The van der Waals surface area contributed by atoms with Crippen molar-refractivity contribution in [1.82, 2.24) is 0 Å². The molecule has 0 fully saturated rings. The topological polar surface area (TPSA) is 63.2 Å². The fraction of sp³-hybridized carbons (Fsp3) is 0.417. The highest BCUT2D eigenvalue weighted by atomic mass is 32.2. The first-order valence-corrected chi connectivity index (χ1v) is 7.27. The maximum Gasteiger partial charge on any atom is 0.224 e. The van der Waals surface area contributed by atoms with Crippen molar-refractivity contribution in [3.8, 4) is 0 Å². The number of hydrogen-bond donors (Lipinski definition) is 1. The molecule has 0 atom stereocenters. The molecule has 0 heterocycles. The number of nitrogens with one attached hydrogen (secondary N) is 1. The Morgan fingerprint density at radius 1 is 1.18 bits per heavy atom. The second-order valence-electron chi connectivity index (χ2n) is 3.73. The smallest absolute Gasteiger partial charge is 0.224 e. The van der Waals surface area contributed by atoms with Gasteiger partial charge >= 0.3 is 0 Å². The number of rotatable bonds is 5. The summed E-state index contributed by atoms with van der Waals surface area (Å²) >= 11 is 0. The molecule has 0 bridgehead atoms. The van der Waals surface area contributed by atoms with Crippen LogP contribution in [0.25, 0.3) is 0 Å². The molecule has 0 radical (unpaired) electrons. The molecule has 1 N–H and O–H groups in total. The van der Waals surface area contributed by atoms with Crippen molar-refractivity contribution in [2.24, 2.45) is 0 Å². The quantitative estimate of drug-likeness (QED) is 0.877. The van der Waals surface area contributed by atoms with E-state index in [0.29, 0.717) is 12.1 Å². The zero-order chi connectivity index (χ0) is 12.9. The van der Waals surface area contributed by atoms with Crippen LogP contribution in [0.4, 0.5) is 5.69 Å². The highest BCUT2D eigenvalue weighted by Crippen LogP contribution is 2.15. The van der Waals surface area contributed by atoms with Crippen molar-refractivity contribution in [3.05, 3.63) is 24.3 Å². The van der Waals surface area contributed by atoms with Gasteiger partial charge in [0.15, 0.2) is 9.84 Å². The molecule has 0 saturated carbocycles. The van der Waals surface area contributed by atoms with Gasteiger partial charge in [-0.25, -0.2) is 8.42 Å². The first-order chi connectivity index (χ1) is 7.99. The van der Waals surface area contributed by atoms with E-state index in [9.17, 15) is 13.2 Å². The molecule has 4 nitrogen and oxygen atoms in total. The molecular weight excluding hydrogens is 238 g/mol.